The van der Waals surface area contributed by atoms with Crippen molar-refractivity contribution < 1.29 is 4.39 Å². The Morgan fingerprint density at radius 2 is 2.18 bits per heavy atom. The molecule has 3 N–H and O–H groups in total. The minimum Gasteiger partial charge on any atom is -0.397 e. The van der Waals surface area contributed by atoms with E-state index in [9.17, 15) is 4.39 Å². The molecule has 90 valence electrons. The van der Waals surface area contributed by atoms with E-state index in [4.69, 9.17) is 5.73 Å². The second-order valence-corrected chi connectivity index (χ2v) is 6.51. The highest BCUT2D eigenvalue weighted by molar-refractivity contribution is 14.1. The van der Waals surface area contributed by atoms with Crippen LogP contribution in [0.15, 0.2) is 28.1 Å². The number of nitrogens with one attached hydrogen (secondary N) is 1. The molecule has 0 fully saturated rings. The van der Waals surface area contributed by atoms with Crippen LogP contribution >= 0.6 is 49.9 Å². The van der Waals surface area contributed by atoms with Gasteiger partial charge in [0.05, 0.1) is 14.9 Å². The molecule has 17 heavy (non-hydrogen) atoms. The highest BCUT2D eigenvalue weighted by atomic mass is 127. The third kappa shape index (κ3) is 3.32. The van der Waals surface area contributed by atoms with Gasteiger partial charge in [0.1, 0.15) is 5.82 Å². The lowest BCUT2D eigenvalue weighted by atomic mass is 10.2. The molecule has 0 aliphatic carbocycles. The standard InChI is InChI=1S/C11H9BrFIN2S/c12-6-1-7(17-5-6)4-16-11-2-8(13)9(14)3-10(11)15/h1-3,5,16H,4,15H2. The number of nitrogens with two attached hydrogens (primary N) is 1. The van der Waals surface area contributed by atoms with Gasteiger partial charge in [-0.05, 0) is 50.7 Å². The van der Waals surface area contributed by atoms with E-state index in [0.717, 1.165) is 9.35 Å². The van der Waals surface area contributed by atoms with Crippen LogP contribution in [0.25, 0.3) is 0 Å². The van der Waals surface area contributed by atoms with Gasteiger partial charge in [0.25, 0.3) is 0 Å². The Morgan fingerprint density at radius 1 is 1.41 bits per heavy atom. The number of nitrogen functional groups attached to an aromatic ring is 1. The predicted octanol–water partition coefficient (Wildman–Crippen LogP) is 4.45. The molecule has 1 aromatic carbocycles. The molecule has 0 unspecified atom stereocenters. The Kier molecular flexibility index (Phi) is 4.26. The average Bonchev–Trinajstić information content (AvgIpc) is 2.68. The largest absolute Gasteiger partial charge is 0.397 e. The van der Waals surface area contributed by atoms with Crippen LogP contribution in [0.5, 0.6) is 0 Å². The van der Waals surface area contributed by atoms with Crippen LogP contribution in [0.4, 0.5) is 15.8 Å². The van der Waals surface area contributed by atoms with Crippen LogP contribution in [0.1, 0.15) is 4.88 Å². The van der Waals surface area contributed by atoms with Gasteiger partial charge < -0.3 is 11.1 Å². The minimum absolute atomic E-state index is 0.255. The zero-order valence-electron chi connectivity index (χ0n) is 8.64. The van der Waals surface area contributed by atoms with Crippen molar-refractivity contribution in [2.45, 2.75) is 6.54 Å². The van der Waals surface area contributed by atoms with E-state index in [2.05, 4.69) is 21.2 Å². The predicted molar refractivity (Wildman–Crippen MR) is 82.9 cm³/mol. The topological polar surface area (TPSA) is 38.0 Å². The van der Waals surface area contributed by atoms with E-state index in [-0.39, 0.29) is 5.82 Å². The molecule has 0 bridgehead atoms. The number of benzene rings is 1. The van der Waals surface area contributed by atoms with E-state index in [1.54, 1.807) is 17.4 Å². The molecule has 2 rings (SSSR count). The SMILES string of the molecule is Nc1cc(I)c(F)cc1NCc1cc(Br)cs1. The lowest BCUT2D eigenvalue weighted by Crippen LogP contribution is -2.02. The smallest absolute Gasteiger partial charge is 0.138 e. The summed E-state index contributed by atoms with van der Waals surface area (Å²) in [5.74, 6) is -0.255. The van der Waals surface area contributed by atoms with Crippen molar-refractivity contribution in [3.8, 4) is 0 Å². The average molecular weight is 427 g/mol. The molecule has 2 aromatic rings. The molecule has 0 aliphatic rings. The molecular formula is C11H9BrFIN2S. The first-order chi connectivity index (χ1) is 8.06. The normalized spacial score (nSPS) is 10.5. The summed E-state index contributed by atoms with van der Waals surface area (Å²) in [5.41, 5.74) is 7.01. The first-order valence-corrected chi connectivity index (χ1v) is 7.52. The summed E-state index contributed by atoms with van der Waals surface area (Å²) >= 11 is 6.95. The zero-order chi connectivity index (χ0) is 12.4. The maximum Gasteiger partial charge on any atom is 0.138 e. The third-order valence-electron chi connectivity index (χ3n) is 2.17. The van der Waals surface area contributed by atoms with Crippen LogP contribution < -0.4 is 11.1 Å². The van der Waals surface area contributed by atoms with Crippen molar-refractivity contribution in [2.24, 2.45) is 0 Å². The lowest BCUT2D eigenvalue weighted by Gasteiger charge is -2.09. The van der Waals surface area contributed by atoms with Gasteiger partial charge in [0.15, 0.2) is 0 Å². The molecular weight excluding hydrogens is 418 g/mol. The molecule has 0 saturated carbocycles. The van der Waals surface area contributed by atoms with Crippen molar-refractivity contribution in [3.05, 3.63) is 42.3 Å². The van der Waals surface area contributed by atoms with Crippen molar-refractivity contribution in [2.75, 3.05) is 11.1 Å². The van der Waals surface area contributed by atoms with Gasteiger partial charge in [-0.1, -0.05) is 0 Å². The molecule has 1 aromatic heterocycles. The summed E-state index contributed by atoms with van der Waals surface area (Å²) in [6, 6.07) is 5.08. The minimum atomic E-state index is -0.255. The van der Waals surface area contributed by atoms with Crippen LogP contribution in [-0.2, 0) is 6.54 Å². The maximum atomic E-state index is 13.4. The molecule has 0 atom stereocenters. The van der Waals surface area contributed by atoms with Crippen LogP contribution in [0.3, 0.4) is 0 Å². The fourth-order valence-corrected chi connectivity index (χ4v) is 3.23. The van der Waals surface area contributed by atoms with Gasteiger partial charge in [-0.2, -0.15) is 0 Å². The summed E-state index contributed by atoms with van der Waals surface area (Å²) in [5, 5.41) is 5.14. The lowest BCUT2D eigenvalue weighted by molar-refractivity contribution is 0.621. The van der Waals surface area contributed by atoms with Gasteiger partial charge >= 0.3 is 0 Å². The molecule has 1 heterocycles. The van der Waals surface area contributed by atoms with E-state index >= 15 is 0 Å². The van der Waals surface area contributed by atoms with Gasteiger partial charge in [-0.15, -0.1) is 11.3 Å². The molecule has 0 radical (unpaired) electrons. The van der Waals surface area contributed by atoms with E-state index in [1.807, 2.05) is 34.0 Å². The third-order valence-corrected chi connectivity index (χ3v) is 4.69. The number of hydrogen-bond donors (Lipinski definition) is 2. The fraction of sp³-hybridized carbons (Fsp3) is 0.0909. The molecule has 0 amide bonds. The summed E-state index contributed by atoms with van der Waals surface area (Å²) in [6.07, 6.45) is 0. The van der Waals surface area contributed by atoms with Gasteiger partial charge in [-0.3, -0.25) is 0 Å². The molecule has 0 saturated heterocycles. The maximum absolute atomic E-state index is 13.4. The number of hydrogen-bond acceptors (Lipinski definition) is 3. The van der Waals surface area contributed by atoms with E-state index in [1.165, 1.54) is 6.07 Å². The Bertz CT molecular complexity index is 544. The number of halogens is 3. The number of thiophene rings is 1. The second-order valence-electron chi connectivity index (χ2n) is 3.44. The Hall–Kier alpha value is -0.340. The number of rotatable bonds is 3. The van der Waals surface area contributed by atoms with Crippen molar-refractivity contribution >= 4 is 61.2 Å². The molecule has 0 spiro atoms. The Labute approximate surface area is 125 Å². The highest BCUT2D eigenvalue weighted by Gasteiger charge is 2.06. The first kappa shape index (κ1) is 13.1. The molecule has 6 heteroatoms. The molecule has 0 aliphatic heterocycles. The van der Waals surface area contributed by atoms with Crippen LogP contribution in [0.2, 0.25) is 0 Å². The van der Waals surface area contributed by atoms with Crippen molar-refractivity contribution in [1.82, 2.24) is 0 Å². The summed E-state index contributed by atoms with van der Waals surface area (Å²) in [7, 11) is 0. The van der Waals surface area contributed by atoms with Crippen molar-refractivity contribution in [3.63, 3.8) is 0 Å². The Balaban J connectivity index is 2.11. The first-order valence-electron chi connectivity index (χ1n) is 4.77. The summed E-state index contributed by atoms with van der Waals surface area (Å²) in [6.45, 7) is 0.639. The molecule has 2 nitrogen and oxygen atoms in total. The van der Waals surface area contributed by atoms with Gasteiger partial charge in [0, 0.05) is 27.3 Å². The Morgan fingerprint density at radius 3 is 2.82 bits per heavy atom. The quantitative estimate of drug-likeness (QED) is 0.562. The highest BCUT2D eigenvalue weighted by Crippen LogP contribution is 2.26. The van der Waals surface area contributed by atoms with Crippen LogP contribution in [0, 0.1) is 9.39 Å². The summed E-state index contributed by atoms with van der Waals surface area (Å²) in [4.78, 5) is 1.16. The van der Waals surface area contributed by atoms with Crippen LogP contribution in [-0.4, -0.2) is 0 Å². The monoisotopic (exact) mass is 426 g/mol. The fourth-order valence-electron chi connectivity index (χ4n) is 1.34. The van der Waals surface area contributed by atoms with E-state index in [0.29, 0.717) is 21.5 Å². The van der Waals surface area contributed by atoms with E-state index < -0.39 is 0 Å². The summed E-state index contributed by atoms with van der Waals surface area (Å²) < 4.78 is 15.0. The van der Waals surface area contributed by atoms with Crippen molar-refractivity contribution in [1.29, 1.82) is 0 Å². The van der Waals surface area contributed by atoms with Gasteiger partial charge in [-0.25, -0.2) is 4.39 Å². The van der Waals surface area contributed by atoms with Gasteiger partial charge in [0.2, 0.25) is 0 Å². The second kappa shape index (κ2) is 5.53. The zero-order valence-corrected chi connectivity index (χ0v) is 13.2. The number of anilines is 2.